The van der Waals surface area contributed by atoms with Crippen LogP contribution in [0.5, 0.6) is 5.75 Å². The Bertz CT molecular complexity index is 334. The summed E-state index contributed by atoms with van der Waals surface area (Å²) in [5.74, 6) is 0.134. The van der Waals surface area contributed by atoms with Gasteiger partial charge in [0.05, 0.1) is 5.54 Å². The second-order valence-corrected chi connectivity index (χ2v) is 3.58. The summed E-state index contributed by atoms with van der Waals surface area (Å²) in [5, 5.41) is 10.1. The molecule has 0 saturated heterocycles. The summed E-state index contributed by atoms with van der Waals surface area (Å²) in [4.78, 5) is 0. The number of hydrogen-bond acceptors (Lipinski definition) is 2. The number of rotatable bonds is 2. The highest BCUT2D eigenvalue weighted by Crippen LogP contribution is 2.30. The molecule has 0 saturated carbocycles. The van der Waals surface area contributed by atoms with E-state index in [1.54, 1.807) is 25.1 Å². The first-order valence-corrected chi connectivity index (χ1v) is 4.26. The quantitative estimate of drug-likeness (QED) is 0.716. The Labute approximate surface area is 82.6 Å². The zero-order valence-corrected chi connectivity index (χ0v) is 8.17. The van der Waals surface area contributed by atoms with Crippen LogP contribution in [0.15, 0.2) is 30.9 Å². The second kappa shape index (κ2) is 3.40. The standard InChI is InChI=1S/C10H12ClNO/c1-3-10(2,12)8-6-7(11)4-5-9(8)13/h3-6,13H,1,12H2,2H3. The maximum atomic E-state index is 9.52. The third-order valence-corrected chi connectivity index (χ3v) is 2.20. The highest BCUT2D eigenvalue weighted by atomic mass is 35.5. The van der Waals surface area contributed by atoms with Gasteiger partial charge in [-0.05, 0) is 25.1 Å². The Balaban J connectivity index is 3.28. The molecule has 3 heteroatoms. The number of phenols is 1. The Kier molecular flexibility index (Phi) is 2.64. The van der Waals surface area contributed by atoms with Gasteiger partial charge in [0, 0.05) is 10.6 Å². The molecular weight excluding hydrogens is 186 g/mol. The van der Waals surface area contributed by atoms with Crippen LogP contribution in [0.2, 0.25) is 5.02 Å². The van der Waals surface area contributed by atoms with E-state index in [9.17, 15) is 5.11 Å². The average Bonchev–Trinajstić information content (AvgIpc) is 2.09. The summed E-state index contributed by atoms with van der Waals surface area (Å²) in [6.45, 7) is 5.36. The van der Waals surface area contributed by atoms with Crippen molar-refractivity contribution in [2.75, 3.05) is 0 Å². The van der Waals surface area contributed by atoms with Crippen LogP contribution in [0.3, 0.4) is 0 Å². The molecular formula is C10H12ClNO. The lowest BCUT2D eigenvalue weighted by atomic mass is 9.93. The van der Waals surface area contributed by atoms with Gasteiger partial charge in [-0.25, -0.2) is 0 Å². The van der Waals surface area contributed by atoms with E-state index in [2.05, 4.69) is 6.58 Å². The highest BCUT2D eigenvalue weighted by Gasteiger charge is 2.20. The first-order chi connectivity index (χ1) is 5.97. The Morgan fingerprint density at radius 3 is 2.77 bits per heavy atom. The van der Waals surface area contributed by atoms with Crippen molar-refractivity contribution in [1.82, 2.24) is 0 Å². The van der Waals surface area contributed by atoms with Gasteiger partial charge in [-0.15, -0.1) is 6.58 Å². The van der Waals surface area contributed by atoms with Gasteiger partial charge in [-0.2, -0.15) is 0 Å². The van der Waals surface area contributed by atoms with Crippen molar-refractivity contribution in [3.8, 4) is 5.75 Å². The minimum Gasteiger partial charge on any atom is -0.508 e. The molecule has 0 amide bonds. The molecule has 1 rings (SSSR count). The zero-order valence-electron chi connectivity index (χ0n) is 7.42. The van der Waals surface area contributed by atoms with Gasteiger partial charge in [-0.3, -0.25) is 0 Å². The lowest BCUT2D eigenvalue weighted by Gasteiger charge is -2.21. The van der Waals surface area contributed by atoms with Crippen molar-refractivity contribution < 1.29 is 5.11 Å². The van der Waals surface area contributed by atoms with Gasteiger partial charge in [0.25, 0.3) is 0 Å². The molecule has 1 aromatic rings. The van der Waals surface area contributed by atoms with Crippen LogP contribution in [-0.4, -0.2) is 5.11 Å². The SMILES string of the molecule is C=CC(C)(N)c1cc(Cl)ccc1O. The van der Waals surface area contributed by atoms with Gasteiger partial charge in [0.15, 0.2) is 0 Å². The lowest BCUT2D eigenvalue weighted by molar-refractivity contribution is 0.452. The van der Waals surface area contributed by atoms with E-state index in [1.165, 1.54) is 6.07 Å². The molecule has 13 heavy (non-hydrogen) atoms. The van der Waals surface area contributed by atoms with E-state index in [0.717, 1.165) is 0 Å². The van der Waals surface area contributed by atoms with E-state index >= 15 is 0 Å². The monoisotopic (exact) mass is 197 g/mol. The minimum absolute atomic E-state index is 0.134. The summed E-state index contributed by atoms with van der Waals surface area (Å²) in [5.41, 5.74) is 5.69. The van der Waals surface area contributed by atoms with E-state index in [0.29, 0.717) is 10.6 Å². The van der Waals surface area contributed by atoms with Crippen molar-refractivity contribution in [3.05, 3.63) is 41.4 Å². The summed E-state index contributed by atoms with van der Waals surface area (Å²) < 4.78 is 0. The van der Waals surface area contributed by atoms with Crippen molar-refractivity contribution in [2.24, 2.45) is 5.73 Å². The molecule has 1 atom stereocenters. The zero-order chi connectivity index (χ0) is 10.1. The van der Waals surface area contributed by atoms with Crippen LogP contribution in [0, 0.1) is 0 Å². The number of halogens is 1. The summed E-state index contributed by atoms with van der Waals surface area (Å²) in [6.07, 6.45) is 1.57. The van der Waals surface area contributed by atoms with Crippen LogP contribution in [0.4, 0.5) is 0 Å². The molecule has 0 aromatic heterocycles. The molecule has 0 aliphatic heterocycles. The molecule has 1 aromatic carbocycles. The fourth-order valence-electron chi connectivity index (χ4n) is 1.05. The van der Waals surface area contributed by atoms with E-state index < -0.39 is 5.54 Å². The van der Waals surface area contributed by atoms with Crippen molar-refractivity contribution in [2.45, 2.75) is 12.5 Å². The molecule has 0 bridgehead atoms. The fourth-order valence-corrected chi connectivity index (χ4v) is 1.22. The molecule has 0 fully saturated rings. The molecule has 0 radical (unpaired) electrons. The van der Waals surface area contributed by atoms with Gasteiger partial charge < -0.3 is 10.8 Å². The molecule has 0 aliphatic rings. The van der Waals surface area contributed by atoms with Crippen LogP contribution in [0.1, 0.15) is 12.5 Å². The van der Waals surface area contributed by atoms with E-state index in [-0.39, 0.29) is 5.75 Å². The molecule has 3 N–H and O–H groups in total. The first-order valence-electron chi connectivity index (χ1n) is 3.89. The van der Waals surface area contributed by atoms with Crippen molar-refractivity contribution in [1.29, 1.82) is 0 Å². The molecule has 70 valence electrons. The normalized spacial score (nSPS) is 15.0. The van der Waals surface area contributed by atoms with Gasteiger partial charge in [0.1, 0.15) is 5.75 Å². The third kappa shape index (κ3) is 2.02. The summed E-state index contributed by atoms with van der Waals surface area (Å²) in [7, 11) is 0. The predicted octanol–water partition coefficient (Wildman–Crippen LogP) is 2.41. The smallest absolute Gasteiger partial charge is 0.121 e. The number of nitrogens with two attached hydrogens (primary N) is 1. The fraction of sp³-hybridized carbons (Fsp3) is 0.200. The summed E-state index contributed by atoms with van der Waals surface area (Å²) in [6, 6.07) is 4.77. The van der Waals surface area contributed by atoms with Crippen molar-refractivity contribution in [3.63, 3.8) is 0 Å². The van der Waals surface area contributed by atoms with Crippen molar-refractivity contribution >= 4 is 11.6 Å². The molecule has 0 aliphatic carbocycles. The number of hydrogen-bond donors (Lipinski definition) is 2. The molecule has 0 spiro atoms. The Hall–Kier alpha value is -0.990. The second-order valence-electron chi connectivity index (χ2n) is 3.15. The Morgan fingerprint density at radius 2 is 2.23 bits per heavy atom. The lowest BCUT2D eigenvalue weighted by Crippen LogP contribution is -2.30. The van der Waals surface area contributed by atoms with E-state index in [4.69, 9.17) is 17.3 Å². The van der Waals surface area contributed by atoms with Crippen LogP contribution in [-0.2, 0) is 5.54 Å². The molecule has 0 heterocycles. The maximum Gasteiger partial charge on any atom is 0.121 e. The van der Waals surface area contributed by atoms with Crippen LogP contribution in [0.25, 0.3) is 0 Å². The number of phenolic OH excluding ortho intramolecular Hbond substituents is 1. The predicted molar refractivity (Wildman–Crippen MR) is 54.9 cm³/mol. The van der Waals surface area contributed by atoms with E-state index in [1.807, 2.05) is 0 Å². The topological polar surface area (TPSA) is 46.2 Å². The minimum atomic E-state index is -0.755. The van der Waals surface area contributed by atoms with Gasteiger partial charge in [0.2, 0.25) is 0 Å². The number of aromatic hydroxyl groups is 1. The number of benzene rings is 1. The third-order valence-electron chi connectivity index (χ3n) is 1.96. The van der Waals surface area contributed by atoms with Crippen LogP contribution >= 0.6 is 11.6 Å². The highest BCUT2D eigenvalue weighted by molar-refractivity contribution is 6.30. The van der Waals surface area contributed by atoms with Gasteiger partial charge in [-0.1, -0.05) is 17.7 Å². The Morgan fingerprint density at radius 1 is 1.62 bits per heavy atom. The van der Waals surface area contributed by atoms with Gasteiger partial charge >= 0.3 is 0 Å². The van der Waals surface area contributed by atoms with Crippen LogP contribution < -0.4 is 5.73 Å². The average molecular weight is 198 g/mol. The maximum absolute atomic E-state index is 9.52. The largest absolute Gasteiger partial charge is 0.508 e. The summed E-state index contributed by atoms with van der Waals surface area (Å²) >= 11 is 5.78. The first kappa shape index (κ1) is 10.1. The molecule has 2 nitrogen and oxygen atoms in total. The molecule has 1 unspecified atom stereocenters.